The highest BCUT2D eigenvalue weighted by Gasteiger charge is 2.07. The van der Waals surface area contributed by atoms with E-state index in [1.807, 2.05) is 56.3 Å². The second-order valence-corrected chi connectivity index (χ2v) is 5.55. The van der Waals surface area contributed by atoms with Gasteiger partial charge in [0, 0.05) is 6.54 Å². The van der Waals surface area contributed by atoms with Gasteiger partial charge in [0.25, 0.3) is 0 Å². The van der Waals surface area contributed by atoms with E-state index in [1.165, 1.54) is 0 Å². The minimum absolute atomic E-state index is 0.236. The number of hydrogen-bond acceptors (Lipinski definition) is 3. The predicted octanol–water partition coefficient (Wildman–Crippen LogP) is 3.81. The van der Waals surface area contributed by atoms with Crippen LogP contribution in [0.2, 0.25) is 5.02 Å². The largest absolute Gasteiger partial charge is 0.491 e. The quantitative estimate of drug-likeness (QED) is 0.853. The number of nitrogens with one attached hydrogen (secondary N) is 1. The molecule has 0 aliphatic heterocycles. The minimum Gasteiger partial charge on any atom is -0.491 e. The summed E-state index contributed by atoms with van der Waals surface area (Å²) in [4.78, 5) is 0. The number of hydrogen-bond donors (Lipinski definition) is 2. The Morgan fingerprint density at radius 1 is 1.14 bits per heavy atom. The summed E-state index contributed by atoms with van der Waals surface area (Å²) in [5, 5.41) is 13.8. The molecule has 2 aromatic carbocycles. The van der Waals surface area contributed by atoms with Gasteiger partial charge in [-0.05, 0) is 49.2 Å². The first kappa shape index (κ1) is 15.7. The molecule has 0 spiro atoms. The number of aliphatic hydroxyl groups excluding tert-OH is 1. The summed E-state index contributed by atoms with van der Waals surface area (Å²) in [5.41, 5.74) is 3.07. The highest BCUT2D eigenvalue weighted by Crippen LogP contribution is 2.22. The molecule has 0 radical (unpaired) electrons. The molecule has 0 aliphatic rings. The van der Waals surface area contributed by atoms with Gasteiger partial charge in [-0.3, -0.25) is 0 Å². The maximum atomic E-state index is 9.97. The Hall–Kier alpha value is -1.71. The number of aryl methyl sites for hydroxylation is 2. The molecule has 21 heavy (non-hydrogen) atoms. The third-order valence-electron chi connectivity index (χ3n) is 3.08. The zero-order chi connectivity index (χ0) is 15.2. The molecule has 0 saturated carbocycles. The van der Waals surface area contributed by atoms with Crippen LogP contribution in [0.5, 0.6) is 5.75 Å². The van der Waals surface area contributed by atoms with Crippen LogP contribution in [0.25, 0.3) is 0 Å². The second-order valence-electron chi connectivity index (χ2n) is 5.15. The smallest absolute Gasteiger partial charge is 0.119 e. The van der Waals surface area contributed by atoms with Crippen molar-refractivity contribution in [3.8, 4) is 5.75 Å². The SMILES string of the molecule is Cc1cccc(OCC(O)CNc2cc(C)ccc2Cl)c1. The van der Waals surface area contributed by atoms with Gasteiger partial charge < -0.3 is 15.2 Å². The zero-order valence-corrected chi connectivity index (χ0v) is 13.0. The molecule has 0 aliphatic carbocycles. The Morgan fingerprint density at radius 3 is 2.67 bits per heavy atom. The van der Waals surface area contributed by atoms with Crippen LogP contribution in [0.1, 0.15) is 11.1 Å². The van der Waals surface area contributed by atoms with Crippen LogP contribution < -0.4 is 10.1 Å². The Balaban J connectivity index is 1.82. The van der Waals surface area contributed by atoms with Crippen molar-refractivity contribution in [1.29, 1.82) is 0 Å². The highest BCUT2D eigenvalue weighted by atomic mass is 35.5. The number of benzene rings is 2. The van der Waals surface area contributed by atoms with Crippen LogP contribution in [-0.2, 0) is 0 Å². The fraction of sp³-hybridized carbons (Fsp3) is 0.294. The van der Waals surface area contributed by atoms with Gasteiger partial charge >= 0.3 is 0 Å². The van der Waals surface area contributed by atoms with E-state index in [2.05, 4.69) is 5.32 Å². The lowest BCUT2D eigenvalue weighted by molar-refractivity contribution is 0.117. The molecule has 2 N–H and O–H groups in total. The lowest BCUT2D eigenvalue weighted by Gasteiger charge is -2.15. The average Bonchev–Trinajstić information content (AvgIpc) is 2.46. The monoisotopic (exact) mass is 305 g/mol. The molecule has 1 atom stereocenters. The van der Waals surface area contributed by atoms with Gasteiger partial charge in [-0.2, -0.15) is 0 Å². The first-order chi connectivity index (χ1) is 10.0. The third-order valence-corrected chi connectivity index (χ3v) is 3.41. The van der Waals surface area contributed by atoms with E-state index in [4.69, 9.17) is 16.3 Å². The summed E-state index contributed by atoms with van der Waals surface area (Å²) in [6, 6.07) is 13.5. The Labute approximate surface area is 130 Å². The highest BCUT2D eigenvalue weighted by molar-refractivity contribution is 6.33. The van der Waals surface area contributed by atoms with E-state index < -0.39 is 6.10 Å². The fourth-order valence-electron chi connectivity index (χ4n) is 1.96. The number of aliphatic hydroxyl groups is 1. The second kappa shape index (κ2) is 7.34. The molecule has 0 fully saturated rings. The fourth-order valence-corrected chi connectivity index (χ4v) is 2.14. The van der Waals surface area contributed by atoms with Crippen molar-refractivity contribution in [2.45, 2.75) is 20.0 Å². The van der Waals surface area contributed by atoms with Gasteiger partial charge in [0.1, 0.15) is 18.5 Å². The summed E-state index contributed by atoms with van der Waals surface area (Å²) in [6.07, 6.45) is -0.609. The van der Waals surface area contributed by atoms with E-state index in [-0.39, 0.29) is 6.61 Å². The summed E-state index contributed by atoms with van der Waals surface area (Å²) in [7, 11) is 0. The van der Waals surface area contributed by atoms with Crippen molar-refractivity contribution < 1.29 is 9.84 Å². The summed E-state index contributed by atoms with van der Waals surface area (Å²) < 4.78 is 5.57. The van der Waals surface area contributed by atoms with Crippen molar-refractivity contribution in [3.05, 3.63) is 58.6 Å². The van der Waals surface area contributed by atoms with Crippen molar-refractivity contribution in [3.63, 3.8) is 0 Å². The molecule has 1 unspecified atom stereocenters. The third kappa shape index (κ3) is 4.96. The molecular formula is C17H20ClNO2. The molecule has 0 amide bonds. The van der Waals surface area contributed by atoms with Crippen LogP contribution in [0.15, 0.2) is 42.5 Å². The van der Waals surface area contributed by atoms with Crippen LogP contribution in [0.4, 0.5) is 5.69 Å². The molecule has 3 nitrogen and oxygen atoms in total. The van der Waals surface area contributed by atoms with Gasteiger partial charge in [-0.15, -0.1) is 0 Å². The van der Waals surface area contributed by atoms with Gasteiger partial charge in [0.15, 0.2) is 0 Å². The normalized spacial score (nSPS) is 12.0. The van der Waals surface area contributed by atoms with E-state index in [9.17, 15) is 5.11 Å². The maximum absolute atomic E-state index is 9.97. The predicted molar refractivity (Wildman–Crippen MR) is 87.4 cm³/mol. The van der Waals surface area contributed by atoms with Crippen LogP contribution in [0, 0.1) is 13.8 Å². The molecule has 112 valence electrons. The van der Waals surface area contributed by atoms with Crippen molar-refractivity contribution in [2.75, 3.05) is 18.5 Å². The van der Waals surface area contributed by atoms with Crippen LogP contribution >= 0.6 is 11.6 Å². The molecule has 2 rings (SSSR count). The first-order valence-electron chi connectivity index (χ1n) is 6.92. The number of ether oxygens (including phenoxy) is 1. The minimum atomic E-state index is -0.609. The average molecular weight is 306 g/mol. The van der Waals surface area contributed by atoms with Gasteiger partial charge in [-0.1, -0.05) is 29.8 Å². The molecule has 0 aromatic heterocycles. The lowest BCUT2D eigenvalue weighted by atomic mass is 10.2. The number of anilines is 1. The van der Waals surface area contributed by atoms with Crippen molar-refractivity contribution >= 4 is 17.3 Å². The molecule has 0 bridgehead atoms. The van der Waals surface area contributed by atoms with Gasteiger partial charge in [0.2, 0.25) is 0 Å². The van der Waals surface area contributed by atoms with Crippen molar-refractivity contribution in [2.24, 2.45) is 0 Å². The molecule has 0 heterocycles. The molecule has 4 heteroatoms. The van der Waals surface area contributed by atoms with Crippen LogP contribution in [-0.4, -0.2) is 24.4 Å². The molecular weight excluding hydrogens is 286 g/mol. The Kier molecular flexibility index (Phi) is 5.48. The Morgan fingerprint density at radius 2 is 1.90 bits per heavy atom. The number of halogens is 1. The number of rotatable bonds is 6. The van der Waals surface area contributed by atoms with E-state index in [1.54, 1.807) is 0 Å². The first-order valence-corrected chi connectivity index (χ1v) is 7.30. The van der Waals surface area contributed by atoms with E-state index >= 15 is 0 Å². The summed E-state index contributed by atoms with van der Waals surface area (Å²) in [5.74, 6) is 0.766. The van der Waals surface area contributed by atoms with E-state index in [0.717, 1.165) is 22.6 Å². The maximum Gasteiger partial charge on any atom is 0.119 e. The summed E-state index contributed by atoms with van der Waals surface area (Å²) in [6.45, 7) is 4.62. The van der Waals surface area contributed by atoms with Gasteiger partial charge in [0.05, 0.1) is 10.7 Å². The molecule has 0 saturated heterocycles. The molecule has 2 aromatic rings. The Bertz CT molecular complexity index is 601. The topological polar surface area (TPSA) is 41.5 Å². The van der Waals surface area contributed by atoms with Crippen LogP contribution in [0.3, 0.4) is 0 Å². The van der Waals surface area contributed by atoms with E-state index in [0.29, 0.717) is 11.6 Å². The summed E-state index contributed by atoms with van der Waals surface area (Å²) >= 11 is 6.09. The van der Waals surface area contributed by atoms with Crippen molar-refractivity contribution in [1.82, 2.24) is 0 Å². The standard InChI is InChI=1S/C17H20ClNO2/c1-12-4-3-5-15(8-12)21-11-14(20)10-19-17-9-13(2)6-7-16(17)18/h3-9,14,19-20H,10-11H2,1-2H3. The lowest BCUT2D eigenvalue weighted by Crippen LogP contribution is -2.26. The van der Waals surface area contributed by atoms with Gasteiger partial charge in [-0.25, -0.2) is 0 Å². The zero-order valence-electron chi connectivity index (χ0n) is 12.3.